The van der Waals surface area contributed by atoms with Crippen LogP contribution < -0.4 is 11.0 Å². The van der Waals surface area contributed by atoms with Crippen LogP contribution in [-0.2, 0) is 6.54 Å². The monoisotopic (exact) mass is 252 g/mol. The van der Waals surface area contributed by atoms with Gasteiger partial charge in [-0.25, -0.2) is 4.68 Å². The van der Waals surface area contributed by atoms with E-state index in [1.54, 1.807) is 24.7 Å². The van der Waals surface area contributed by atoms with E-state index in [4.69, 9.17) is 0 Å². The van der Waals surface area contributed by atoms with Crippen molar-refractivity contribution in [3.8, 4) is 0 Å². The van der Waals surface area contributed by atoms with Gasteiger partial charge in [0.05, 0.1) is 24.0 Å². The standard InChI is InChI=1S/C14H12N4O/c19-14-6-5-11-3-1-2-4-13(11)18(14)17-10-12-9-15-7-8-16-12/h1-9,17H,10H2. The smallest absolute Gasteiger partial charge is 0.269 e. The number of benzene rings is 1. The Kier molecular flexibility index (Phi) is 2.94. The highest BCUT2D eigenvalue weighted by Crippen LogP contribution is 2.09. The van der Waals surface area contributed by atoms with Crippen LogP contribution in [0.1, 0.15) is 5.69 Å². The van der Waals surface area contributed by atoms with Crippen LogP contribution in [0.4, 0.5) is 0 Å². The summed E-state index contributed by atoms with van der Waals surface area (Å²) in [6.45, 7) is 0.446. The van der Waals surface area contributed by atoms with Gasteiger partial charge in [0.15, 0.2) is 0 Å². The molecule has 0 fully saturated rings. The van der Waals surface area contributed by atoms with Crippen LogP contribution in [0, 0.1) is 0 Å². The summed E-state index contributed by atoms with van der Waals surface area (Å²) in [6, 6.07) is 11.1. The lowest BCUT2D eigenvalue weighted by Gasteiger charge is -2.11. The Bertz CT molecular complexity index is 752. The maximum atomic E-state index is 11.9. The van der Waals surface area contributed by atoms with Crippen molar-refractivity contribution in [2.24, 2.45) is 0 Å². The molecule has 3 rings (SSSR count). The summed E-state index contributed by atoms with van der Waals surface area (Å²) in [4.78, 5) is 20.1. The summed E-state index contributed by atoms with van der Waals surface area (Å²) in [5.41, 5.74) is 4.61. The van der Waals surface area contributed by atoms with E-state index in [9.17, 15) is 4.79 Å². The molecule has 0 bridgehead atoms. The van der Waals surface area contributed by atoms with E-state index in [0.717, 1.165) is 16.6 Å². The first-order chi connectivity index (χ1) is 9.34. The molecule has 0 saturated heterocycles. The van der Waals surface area contributed by atoms with Crippen molar-refractivity contribution >= 4 is 10.9 Å². The first-order valence-electron chi connectivity index (χ1n) is 5.94. The van der Waals surface area contributed by atoms with E-state index >= 15 is 0 Å². The van der Waals surface area contributed by atoms with Crippen molar-refractivity contribution in [2.75, 3.05) is 5.43 Å². The van der Waals surface area contributed by atoms with Gasteiger partial charge in [0.25, 0.3) is 5.56 Å². The van der Waals surface area contributed by atoms with Gasteiger partial charge in [-0.3, -0.25) is 14.8 Å². The third kappa shape index (κ3) is 2.30. The number of pyridine rings is 1. The molecule has 1 N–H and O–H groups in total. The van der Waals surface area contributed by atoms with Gasteiger partial charge in [0.1, 0.15) is 0 Å². The fourth-order valence-electron chi connectivity index (χ4n) is 1.93. The summed E-state index contributed by atoms with van der Waals surface area (Å²) in [6.07, 6.45) is 4.92. The maximum Gasteiger partial charge on any atom is 0.269 e. The second-order valence-corrected chi connectivity index (χ2v) is 4.10. The highest BCUT2D eigenvalue weighted by molar-refractivity contribution is 5.78. The lowest BCUT2D eigenvalue weighted by Crippen LogP contribution is -2.28. The van der Waals surface area contributed by atoms with Gasteiger partial charge in [-0.2, -0.15) is 0 Å². The molecule has 5 heteroatoms. The van der Waals surface area contributed by atoms with Crippen LogP contribution in [0.2, 0.25) is 0 Å². The second kappa shape index (κ2) is 4.89. The Morgan fingerprint density at radius 2 is 2.00 bits per heavy atom. The van der Waals surface area contributed by atoms with Gasteiger partial charge in [-0.15, -0.1) is 0 Å². The molecule has 2 aromatic heterocycles. The minimum atomic E-state index is -0.0948. The molecule has 0 aliphatic carbocycles. The first-order valence-corrected chi connectivity index (χ1v) is 5.94. The molecule has 0 aliphatic heterocycles. The first kappa shape index (κ1) is 11.4. The maximum absolute atomic E-state index is 11.9. The molecule has 1 aromatic carbocycles. The second-order valence-electron chi connectivity index (χ2n) is 4.10. The van der Waals surface area contributed by atoms with Gasteiger partial charge < -0.3 is 5.43 Å². The number of rotatable bonds is 3. The number of nitrogens with zero attached hydrogens (tertiary/aromatic N) is 3. The Hall–Kier alpha value is -2.69. The fourth-order valence-corrected chi connectivity index (χ4v) is 1.93. The predicted octanol–water partition coefficient (Wildman–Crippen LogP) is 1.54. The van der Waals surface area contributed by atoms with E-state index < -0.39 is 0 Å². The van der Waals surface area contributed by atoms with Gasteiger partial charge in [-0.05, 0) is 12.1 Å². The minimum absolute atomic E-state index is 0.0948. The Morgan fingerprint density at radius 3 is 2.84 bits per heavy atom. The van der Waals surface area contributed by atoms with Crippen molar-refractivity contribution < 1.29 is 0 Å². The molecule has 3 aromatic rings. The van der Waals surface area contributed by atoms with Gasteiger partial charge in [0, 0.05) is 23.8 Å². The van der Waals surface area contributed by atoms with E-state index in [0.29, 0.717) is 6.54 Å². The number of hydrogen-bond donors (Lipinski definition) is 1. The average molecular weight is 252 g/mol. The van der Waals surface area contributed by atoms with Crippen LogP contribution in [-0.4, -0.2) is 14.6 Å². The third-order valence-electron chi connectivity index (χ3n) is 2.84. The molecule has 5 nitrogen and oxygen atoms in total. The van der Waals surface area contributed by atoms with E-state index in [2.05, 4.69) is 15.4 Å². The summed E-state index contributed by atoms with van der Waals surface area (Å²) >= 11 is 0. The fraction of sp³-hybridized carbons (Fsp3) is 0.0714. The number of nitrogens with one attached hydrogen (secondary N) is 1. The van der Waals surface area contributed by atoms with Crippen LogP contribution in [0.5, 0.6) is 0 Å². The average Bonchev–Trinajstić information content (AvgIpc) is 2.47. The van der Waals surface area contributed by atoms with Crippen molar-refractivity contribution in [1.82, 2.24) is 14.6 Å². The molecule has 0 saturated carbocycles. The SMILES string of the molecule is O=c1ccc2ccccc2n1NCc1cnccn1. The zero-order valence-corrected chi connectivity index (χ0v) is 10.2. The van der Waals surface area contributed by atoms with Crippen LogP contribution in [0.25, 0.3) is 10.9 Å². The molecule has 2 heterocycles. The van der Waals surface area contributed by atoms with E-state index in [1.165, 1.54) is 4.68 Å². The van der Waals surface area contributed by atoms with Crippen molar-refractivity contribution in [3.63, 3.8) is 0 Å². The zero-order chi connectivity index (χ0) is 13.1. The predicted molar refractivity (Wildman–Crippen MR) is 73.3 cm³/mol. The molecule has 94 valence electrons. The zero-order valence-electron chi connectivity index (χ0n) is 10.2. The largest absolute Gasteiger partial charge is 0.317 e. The molecule has 0 aliphatic rings. The van der Waals surface area contributed by atoms with Gasteiger partial charge >= 0.3 is 0 Å². The Morgan fingerprint density at radius 1 is 1.11 bits per heavy atom. The highest BCUT2D eigenvalue weighted by atomic mass is 16.1. The van der Waals surface area contributed by atoms with Crippen LogP contribution >= 0.6 is 0 Å². The molecule has 0 amide bonds. The summed E-state index contributed by atoms with van der Waals surface area (Å²) in [5, 5.41) is 1.01. The molecule has 19 heavy (non-hydrogen) atoms. The van der Waals surface area contributed by atoms with Crippen LogP contribution in [0.3, 0.4) is 0 Å². The lowest BCUT2D eigenvalue weighted by molar-refractivity contribution is 0.814. The number of para-hydroxylation sites is 1. The number of hydrogen-bond acceptors (Lipinski definition) is 4. The Balaban J connectivity index is 1.96. The molecular formula is C14H12N4O. The molecular weight excluding hydrogens is 240 g/mol. The van der Waals surface area contributed by atoms with E-state index in [-0.39, 0.29) is 5.56 Å². The van der Waals surface area contributed by atoms with Crippen LogP contribution in [0.15, 0.2) is 59.8 Å². The van der Waals surface area contributed by atoms with Crippen molar-refractivity contribution in [2.45, 2.75) is 6.54 Å². The molecule has 0 atom stereocenters. The normalized spacial score (nSPS) is 10.5. The molecule has 0 radical (unpaired) electrons. The third-order valence-corrected chi connectivity index (χ3v) is 2.84. The van der Waals surface area contributed by atoms with Gasteiger partial charge in [0.2, 0.25) is 0 Å². The Labute approximate surface area is 109 Å². The number of aromatic nitrogens is 3. The molecule has 0 unspecified atom stereocenters. The van der Waals surface area contributed by atoms with Crippen molar-refractivity contribution in [1.29, 1.82) is 0 Å². The minimum Gasteiger partial charge on any atom is -0.317 e. The molecule has 0 spiro atoms. The summed E-state index contributed by atoms with van der Waals surface area (Å²) < 4.78 is 1.53. The quantitative estimate of drug-likeness (QED) is 0.768. The van der Waals surface area contributed by atoms with Crippen molar-refractivity contribution in [3.05, 3.63) is 71.0 Å². The lowest BCUT2D eigenvalue weighted by atomic mass is 10.2. The number of fused-ring (bicyclic) bond motifs is 1. The summed E-state index contributed by atoms with van der Waals surface area (Å²) in [7, 11) is 0. The highest BCUT2D eigenvalue weighted by Gasteiger charge is 2.02. The van der Waals surface area contributed by atoms with Gasteiger partial charge in [-0.1, -0.05) is 18.2 Å². The summed E-state index contributed by atoms with van der Waals surface area (Å²) in [5.74, 6) is 0. The topological polar surface area (TPSA) is 59.8 Å². The van der Waals surface area contributed by atoms with E-state index in [1.807, 2.05) is 30.3 Å².